The lowest BCUT2D eigenvalue weighted by Gasteiger charge is -2.12. The van der Waals surface area contributed by atoms with Gasteiger partial charge in [0.25, 0.3) is 5.91 Å². The number of aromatic nitrogens is 2. The predicted octanol–water partition coefficient (Wildman–Crippen LogP) is 5.70. The van der Waals surface area contributed by atoms with E-state index in [-0.39, 0.29) is 5.91 Å². The van der Waals surface area contributed by atoms with E-state index in [1.54, 1.807) is 24.3 Å². The summed E-state index contributed by atoms with van der Waals surface area (Å²) in [6.07, 6.45) is 0.598. The van der Waals surface area contributed by atoms with Crippen molar-refractivity contribution >= 4 is 40.1 Å². The summed E-state index contributed by atoms with van der Waals surface area (Å²) in [4.78, 5) is 17.2. The number of hydrogen-bond donors (Lipinski definition) is 1. The maximum atomic E-state index is 12.4. The smallest absolute Gasteiger partial charge is 0.251 e. The number of nitrogens with one attached hydrogen (secondary N) is 1. The van der Waals surface area contributed by atoms with Crippen LogP contribution < -0.4 is 10.1 Å². The molecular weight excluding hydrogens is 445 g/mol. The third-order valence-corrected chi connectivity index (χ3v) is 5.83. The summed E-state index contributed by atoms with van der Waals surface area (Å²) in [6, 6.07) is 20.5. The van der Waals surface area contributed by atoms with Gasteiger partial charge in [0, 0.05) is 28.6 Å². The number of aryl methyl sites for hydroxylation is 1. The molecule has 5 nitrogen and oxygen atoms in total. The van der Waals surface area contributed by atoms with Crippen LogP contribution in [0.1, 0.15) is 21.7 Å². The fourth-order valence-electron chi connectivity index (χ4n) is 3.55. The molecule has 0 fully saturated rings. The number of nitrogens with zero attached hydrogens (tertiary/aromatic N) is 2. The van der Waals surface area contributed by atoms with E-state index in [0.29, 0.717) is 36.7 Å². The molecule has 4 rings (SSSR count). The SMILES string of the molecule is Cc1cc(OCCn2c(CCNC(=O)c3cccc(Cl)c3)nc3ccccc32)ccc1Cl. The molecule has 7 heteroatoms. The highest BCUT2D eigenvalue weighted by molar-refractivity contribution is 6.31. The zero-order valence-electron chi connectivity index (χ0n) is 17.6. The lowest BCUT2D eigenvalue weighted by molar-refractivity contribution is 0.0954. The van der Waals surface area contributed by atoms with Gasteiger partial charge in [0.2, 0.25) is 0 Å². The number of para-hydroxylation sites is 2. The van der Waals surface area contributed by atoms with E-state index < -0.39 is 0 Å². The van der Waals surface area contributed by atoms with Crippen LogP contribution in [-0.4, -0.2) is 28.6 Å². The van der Waals surface area contributed by atoms with Crippen LogP contribution in [0.4, 0.5) is 0 Å². The summed E-state index contributed by atoms with van der Waals surface area (Å²) in [5.74, 6) is 1.52. The molecule has 4 aromatic rings. The molecule has 164 valence electrons. The molecule has 0 unspecified atom stereocenters. The zero-order valence-corrected chi connectivity index (χ0v) is 19.2. The predicted molar refractivity (Wildman–Crippen MR) is 129 cm³/mol. The molecule has 0 aliphatic rings. The highest BCUT2D eigenvalue weighted by Gasteiger charge is 2.12. The molecule has 1 N–H and O–H groups in total. The van der Waals surface area contributed by atoms with Gasteiger partial charge < -0.3 is 14.6 Å². The lowest BCUT2D eigenvalue weighted by atomic mass is 10.2. The zero-order chi connectivity index (χ0) is 22.5. The van der Waals surface area contributed by atoms with Gasteiger partial charge in [-0.1, -0.05) is 41.4 Å². The van der Waals surface area contributed by atoms with Crippen molar-refractivity contribution in [3.8, 4) is 5.75 Å². The molecular formula is C25H23Cl2N3O2. The Morgan fingerprint density at radius 2 is 1.91 bits per heavy atom. The molecule has 0 saturated heterocycles. The van der Waals surface area contributed by atoms with E-state index in [4.69, 9.17) is 32.9 Å². The van der Waals surface area contributed by atoms with Crippen LogP contribution in [0.25, 0.3) is 11.0 Å². The van der Waals surface area contributed by atoms with Crippen molar-refractivity contribution in [2.75, 3.05) is 13.2 Å². The van der Waals surface area contributed by atoms with Crippen LogP contribution in [0, 0.1) is 6.92 Å². The summed E-state index contributed by atoms with van der Waals surface area (Å²) in [5.41, 5.74) is 3.48. The molecule has 0 radical (unpaired) electrons. The van der Waals surface area contributed by atoms with Crippen molar-refractivity contribution in [1.29, 1.82) is 0 Å². The Bertz CT molecular complexity index is 1250. The number of carbonyl (C=O) groups excluding carboxylic acids is 1. The van der Waals surface area contributed by atoms with E-state index >= 15 is 0 Å². The maximum absolute atomic E-state index is 12.4. The number of carbonyl (C=O) groups is 1. The molecule has 32 heavy (non-hydrogen) atoms. The van der Waals surface area contributed by atoms with E-state index in [1.165, 1.54) is 0 Å². The summed E-state index contributed by atoms with van der Waals surface area (Å²) in [7, 11) is 0. The van der Waals surface area contributed by atoms with Crippen LogP contribution in [0.3, 0.4) is 0 Å². The molecule has 0 spiro atoms. The summed E-state index contributed by atoms with van der Waals surface area (Å²) < 4.78 is 8.08. The summed E-state index contributed by atoms with van der Waals surface area (Å²) >= 11 is 12.1. The van der Waals surface area contributed by atoms with Crippen molar-refractivity contribution in [3.05, 3.63) is 93.7 Å². The first-order valence-electron chi connectivity index (χ1n) is 10.4. The molecule has 1 heterocycles. The second kappa shape index (κ2) is 10.1. The van der Waals surface area contributed by atoms with Crippen LogP contribution in [0.5, 0.6) is 5.75 Å². The number of ether oxygens (including phenoxy) is 1. The number of amides is 1. The highest BCUT2D eigenvalue weighted by Crippen LogP contribution is 2.22. The molecule has 0 aliphatic carbocycles. The molecule has 1 amide bonds. The fraction of sp³-hybridized carbons (Fsp3) is 0.200. The number of benzene rings is 3. The number of hydrogen-bond acceptors (Lipinski definition) is 3. The van der Waals surface area contributed by atoms with Crippen LogP contribution in [0.15, 0.2) is 66.7 Å². The minimum Gasteiger partial charge on any atom is -0.492 e. The Hall–Kier alpha value is -3.02. The second-order valence-electron chi connectivity index (χ2n) is 7.44. The Labute approximate surface area is 196 Å². The van der Waals surface area contributed by atoms with Crippen molar-refractivity contribution in [2.45, 2.75) is 19.9 Å². The second-order valence-corrected chi connectivity index (χ2v) is 8.29. The van der Waals surface area contributed by atoms with Crippen molar-refractivity contribution in [1.82, 2.24) is 14.9 Å². The van der Waals surface area contributed by atoms with Gasteiger partial charge in [-0.2, -0.15) is 0 Å². The summed E-state index contributed by atoms with van der Waals surface area (Å²) in [5, 5.41) is 4.20. The number of rotatable bonds is 8. The first-order chi connectivity index (χ1) is 15.5. The van der Waals surface area contributed by atoms with Gasteiger partial charge in [0.05, 0.1) is 17.6 Å². The van der Waals surface area contributed by atoms with E-state index in [1.807, 2.05) is 49.4 Å². The quantitative estimate of drug-likeness (QED) is 0.361. The monoisotopic (exact) mass is 467 g/mol. The first-order valence-corrected chi connectivity index (χ1v) is 11.1. The van der Waals surface area contributed by atoms with E-state index in [0.717, 1.165) is 33.2 Å². The maximum Gasteiger partial charge on any atom is 0.251 e. The largest absolute Gasteiger partial charge is 0.492 e. The van der Waals surface area contributed by atoms with Crippen molar-refractivity contribution < 1.29 is 9.53 Å². The minimum atomic E-state index is -0.156. The lowest BCUT2D eigenvalue weighted by Crippen LogP contribution is -2.26. The van der Waals surface area contributed by atoms with Crippen LogP contribution >= 0.6 is 23.2 Å². The van der Waals surface area contributed by atoms with E-state index in [9.17, 15) is 4.79 Å². The van der Waals surface area contributed by atoms with Gasteiger partial charge in [-0.25, -0.2) is 4.98 Å². The number of fused-ring (bicyclic) bond motifs is 1. The Morgan fingerprint density at radius 3 is 2.72 bits per heavy atom. The summed E-state index contributed by atoms with van der Waals surface area (Å²) in [6.45, 7) is 3.54. The third-order valence-electron chi connectivity index (χ3n) is 5.17. The van der Waals surface area contributed by atoms with Gasteiger partial charge in [-0.15, -0.1) is 0 Å². The number of halogens is 2. The first kappa shape index (κ1) is 22.2. The Morgan fingerprint density at radius 1 is 1.06 bits per heavy atom. The molecule has 0 saturated carbocycles. The van der Waals surface area contributed by atoms with E-state index in [2.05, 4.69) is 9.88 Å². The van der Waals surface area contributed by atoms with Gasteiger partial charge >= 0.3 is 0 Å². The topological polar surface area (TPSA) is 56.1 Å². The Kier molecular flexibility index (Phi) is 6.98. The normalized spacial score (nSPS) is 11.0. The Balaban J connectivity index is 1.42. The molecule has 1 aromatic heterocycles. The molecule has 0 bridgehead atoms. The van der Waals surface area contributed by atoms with Gasteiger partial charge in [0.1, 0.15) is 18.2 Å². The molecule has 0 atom stereocenters. The number of imidazole rings is 1. The van der Waals surface area contributed by atoms with Crippen LogP contribution in [-0.2, 0) is 13.0 Å². The highest BCUT2D eigenvalue weighted by atomic mass is 35.5. The molecule has 3 aromatic carbocycles. The van der Waals surface area contributed by atoms with Crippen molar-refractivity contribution in [2.24, 2.45) is 0 Å². The minimum absolute atomic E-state index is 0.156. The van der Waals surface area contributed by atoms with Gasteiger partial charge in [-0.3, -0.25) is 4.79 Å². The average molecular weight is 468 g/mol. The standard InChI is InChI=1S/C25H23Cl2N3O2/c1-17-15-20(9-10-21(17)27)32-14-13-30-23-8-3-2-7-22(23)29-24(30)11-12-28-25(31)18-5-4-6-19(26)16-18/h2-10,15-16H,11-14H2,1H3,(H,28,31). The van der Waals surface area contributed by atoms with Gasteiger partial charge in [-0.05, 0) is 61.0 Å². The van der Waals surface area contributed by atoms with Crippen molar-refractivity contribution in [3.63, 3.8) is 0 Å². The fourth-order valence-corrected chi connectivity index (χ4v) is 3.85. The van der Waals surface area contributed by atoms with Gasteiger partial charge in [0.15, 0.2) is 0 Å². The third kappa shape index (κ3) is 5.23. The van der Waals surface area contributed by atoms with Crippen LogP contribution in [0.2, 0.25) is 10.0 Å². The molecule has 0 aliphatic heterocycles. The average Bonchev–Trinajstić information content (AvgIpc) is 3.13.